The van der Waals surface area contributed by atoms with Gasteiger partial charge in [-0.2, -0.15) is 11.8 Å². The lowest BCUT2D eigenvalue weighted by atomic mass is 10.4. The number of thioether (sulfide) groups is 1. The molecule has 1 saturated heterocycles. The van der Waals surface area contributed by atoms with Crippen LogP contribution in [0.3, 0.4) is 0 Å². The Balaban J connectivity index is 2.00. The van der Waals surface area contributed by atoms with E-state index in [-0.39, 0.29) is 0 Å². The van der Waals surface area contributed by atoms with Gasteiger partial charge >= 0.3 is 0 Å². The summed E-state index contributed by atoms with van der Waals surface area (Å²) in [7, 11) is 0. The van der Waals surface area contributed by atoms with Crippen LogP contribution in [0, 0.1) is 0 Å². The highest BCUT2D eigenvalue weighted by atomic mass is 32.2. The Labute approximate surface area is 41.1 Å². The molecular formula is C4H6OS. The van der Waals surface area contributed by atoms with E-state index in [1.165, 1.54) is 5.75 Å². The number of hydrogen-bond donors (Lipinski definition) is 0. The van der Waals surface area contributed by atoms with E-state index in [4.69, 9.17) is 0 Å². The lowest BCUT2D eigenvalue weighted by Crippen LogP contribution is -1.80. The molecule has 1 fully saturated rings. The summed E-state index contributed by atoms with van der Waals surface area (Å²) in [5.41, 5.74) is 0. The third-order valence-electron chi connectivity index (χ3n) is 0.761. The van der Waals surface area contributed by atoms with Gasteiger partial charge in [0.15, 0.2) is 0 Å². The van der Waals surface area contributed by atoms with Gasteiger partial charge in [-0.15, -0.1) is 0 Å². The highest BCUT2D eigenvalue weighted by Gasteiger charge is 2.20. The van der Waals surface area contributed by atoms with Crippen molar-refractivity contribution < 1.29 is 4.79 Å². The Hall–Kier alpha value is 0.0200. The molecule has 0 saturated carbocycles. The van der Waals surface area contributed by atoms with Gasteiger partial charge in [-0.05, 0) is 0 Å². The van der Waals surface area contributed by atoms with Gasteiger partial charge in [-0.3, -0.25) is 0 Å². The number of carbonyl (C=O) groups is 1. The van der Waals surface area contributed by atoms with Crippen molar-refractivity contribution in [2.24, 2.45) is 0 Å². The van der Waals surface area contributed by atoms with E-state index in [1.807, 2.05) is 11.8 Å². The molecule has 1 heterocycles. The number of rotatable bonds is 2. The van der Waals surface area contributed by atoms with E-state index < -0.39 is 0 Å². The summed E-state index contributed by atoms with van der Waals surface area (Å²) in [6.45, 7) is 0. The first-order chi connectivity index (χ1) is 2.93. The summed E-state index contributed by atoms with van der Waals surface area (Å²) in [5, 5.41) is 0.697. The Kier molecular flexibility index (Phi) is 1.15. The average Bonchev–Trinajstić information content (AvgIpc) is 2.21. The van der Waals surface area contributed by atoms with Crippen molar-refractivity contribution in [3.05, 3.63) is 0 Å². The molecule has 1 nitrogen and oxygen atoms in total. The van der Waals surface area contributed by atoms with Crippen molar-refractivity contribution >= 4 is 18.0 Å². The zero-order chi connectivity index (χ0) is 4.41. The van der Waals surface area contributed by atoms with Crippen LogP contribution in [0.25, 0.3) is 0 Å². The molecule has 0 N–H and O–H groups in total. The summed E-state index contributed by atoms with van der Waals surface area (Å²) in [6.07, 6.45) is 1.76. The molecule has 1 atom stereocenters. The van der Waals surface area contributed by atoms with Crippen molar-refractivity contribution in [1.82, 2.24) is 0 Å². The summed E-state index contributed by atoms with van der Waals surface area (Å²) >= 11 is 1.86. The van der Waals surface area contributed by atoms with Gasteiger partial charge in [0.1, 0.15) is 6.29 Å². The first-order valence-corrected chi connectivity index (χ1v) is 3.03. The maximum atomic E-state index is 9.64. The zero-order valence-electron chi connectivity index (χ0n) is 3.39. The molecular weight excluding hydrogens is 96.1 g/mol. The second-order valence-corrected chi connectivity index (χ2v) is 2.69. The van der Waals surface area contributed by atoms with E-state index in [1.54, 1.807) is 0 Å². The van der Waals surface area contributed by atoms with E-state index in [9.17, 15) is 4.79 Å². The largest absolute Gasteiger partial charge is 0.303 e. The smallest absolute Gasteiger partial charge is 0.121 e. The lowest BCUT2D eigenvalue weighted by molar-refractivity contribution is -0.107. The van der Waals surface area contributed by atoms with Crippen LogP contribution >= 0.6 is 11.8 Å². The Morgan fingerprint density at radius 2 is 2.67 bits per heavy atom. The molecule has 1 rings (SSSR count). The SMILES string of the molecule is O=CCC1CS1. The fourth-order valence-corrected chi connectivity index (χ4v) is 0.798. The highest BCUT2D eigenvalue weighted by molar-refractivity contribution is 8.06. The lowest BCUT2D eigenvalue weighted by Gasteiger charge is -1.70. The maximum absolute atomic E-state index is 9.64. The van der Waals surface area contributed by atoms with Crippen LogP contribution in [0.5, 0.6) is 0 Å². The second kappa shape index (κ2) is 1.65. The van der Waals surface area contributed by atoms with Crippen molar-refractivity contribution in [2.45, 2.75) is 11.7 Å². The normalized spacial score (nSPS) is 29.7. The molecule has 6 heavy (non-hydrogen) atoms. The van der Waals surface area contributed by atoms with E-state index in [0.29, 0.717) is 5.25 Å². The van der Waals surface area contributed by atoms with Crippen LogP contribution in [0.4, 0.5) is 0 Å². The quantitative estimate of drug-likeness (QED) is 0.377. The van der Waals surface area contributed by atoms with Crippen LogP contribution in [-0.2, 0) is 4.79 Å². The molecule has 0 radical (unpaired) electrons. The third kappa shape index (κ3) is 1.01. The second-order valence-electron chi connectivity index (χ2n) is 1.36. The molecule has 0 aromatic rings. The third-order valence-corrected chi connectivity index (χ3v) is 1.76. The minimum absolute atomic E-state index is 0.697. The number of hydrogen-bond acceptors (Lipinski definition) is 2. The Morgan fingerprint density at radius 1 is 2.00 bits per heavy atom. The van der Waals surface area contributed by atoms with Crippen LogP contribution in [0.15, 0.2) is 0 Å². The van der Waals surface area contributed by atoms with Crippen molar-refractivity contribution in [3.63, 3.8) is 0 Å². The van der Waals surface area contributed by atoms with Crippen LogP contribution < -0.4 is 0 Å². The fourth-order valence-electron chi connectivity index (χ4n) is 0.311. The molecule has 0 amide bonds. The first kappa shape index (κ1) is 4.19. The summed E-state index contributed by atoms with van der Waals surface area (Å²) in [4.78, 5) is 9.64. The van der Waals surface area contributed by atoms with E-state index >= 15 is 0 Å². The Bertz CT molecular complexity index is 58.6. The van der Waals surface area contributed by atoms with Crippen molar-refractivity contribution in [1.29, 1.82) is 0 Å². The van der Waals surface area contributed by atoms with Gasteiger partial charge in [0.25, 0.3) is 0 Å². The van der Waals surface area contributed by atoms with Crippen LogP contribution in [-0.4, -0.2) is 17.3 Å². The standard InChI is InChI=1S/C4H6OS/c5-2-1-4-3-6-4/h2,4H,1,3H2. The van der Waals surface area contributed by atoms with Crippen LogP contribution in [0.2, 0.25) is 0 Å². The number of carbonyl (C=O) groups excluding carboxylic acids is 1. The topological polar surface area (TPSA) is 17.1 Å². The Morgan fingerprint density at radius 3 is 2.83 bits per heavy atom. The predicted octanol–water partition coefficient (Wildman–Crippen LogP) is 0.691. The molecule has 1 unspecified atom stereocenters. The molecule has 1 aliphatic heterocycles. The fraction of sp³-hybridized carbons (Fsp3) is 0.750. The summed E-state index contributed by atoms with van der Waals surface area (Å²) in [5.74, 6) is 1.21. The van der Waals surface area contributed by atoms with Crippen molar-refractivity contribution in [3.8, 4) is 0 Å². The predicted molar refractivity (Wildman–Crippen MR) is 26.9 cm³/mol. The van der Waals surface area contributed by atoms with E-state index in [2.05, 4.69) is 0 Å². The van der Waals surface area contributed by atoms with Gasteiger partial charge in [0, 0.05) is 17.4 Å². The molecule has 0 aromatic heterocycles. The van der Waals surface area contributed by atoms with Crippen molar-refractivity contribution in [2.75, 3.05) is 5.75 Å². The van der Waals surface area contributed by atoms with Gasteiger partial charge in [0.05, 0.1) is 0 Å². The minimum atomic E-state index is 0.697. The average molecular weight is 102 g/mol. The molecule has 0 aromatic carbocycles. The summed E-state index contributed by atoms with van der Waals surface area (Å²) < 4.78 is 0. The zero-order valence-corrected chi connectivity index (χ0v) is 4.20. The molecule has 0 aliphatic carbocycles. The molecule has 34 valence electrons. The molecule has 2 heteroatoms. The van der Waals surface area contributed by atoms with Gasteiger partial charge in [0.2, 0.25) is 0 Å². The van der Waals surface area contributed by atoms with Gasteiger partial charge in [-0.1, -0.05) is 0 Å². The minimum Gasteiger partial charge on any atom is -0.303 e. The monoisotopic (exact) mass is 102 g/mol. The van der Waals surface area contributed by atoms with Gasteiger partial charge < -0.3 is 4.79 Å². The van der Waals surface area contributed by atoms with Crippen LogP contribution in [0.1, 0.15) is 6.42 Å². The van der Waals surface area contributed by atoms with E-state index in [0.717, 1.165) is 12.7 Å². The first-order valence-electron chi connectivity index (χ1n) is 1.98. The van der Waals surface area contributed by atoms with Gasteiger partial charge in [-0.25, -0.2) is 0 Å². The molecule has 1 aliphatic rings. The molecule has 0 spiro atoms. The highest BCUT2D eigenvalue weighted by Crippen LogP contribution is 2.31. The number of aldehydes is 1. The molecule has 0 bridgehead atoms. The summed E-state index contributed by atoms with van der Waals surface area (Å²) in [6, 6.07) is 0. The maximum Gasteiger partial charge on any atom is 0.121 e.